The number of carbonyl (C=O) groups excluding carboxylic acids is 2. The average Bonchev–Trinajstić information content (AvgIpc) is 2.91. The van der Waals surface area contributed by atoms with Crippen LogP contribution in [0.25, 0.3) is 0 Å². The first-order chi connectivity index (χ1) is 10.5. The molecule has 22 heavy (non-hydrogen) atoms. The number of hydrogen-bond acceptors (Lipinski definition) is 6. The summed E-state index contributed by atoms with van der Waals surface area (Å²) in [4.78, 5) is 24.6. The number of benzene rings is 1. The van der Waals surface area contributed by atoms with Gasteiger partial charge in [0.1, 0.15) is 11.3 Å². The summed E-state index contributed by atoms with van der Waals surface area (Å²) in [6.45, 7) is 3.45. The van der Waals surface area contributed by atoms with E-state index in [1.807, 2.05) is 0 Å². The van der Waals surface area contributed by atoms with E-state index in [1.54, 1.807) is 36.8 Å². The fourth-order valence-corrected chi connectivity index (χ4v) is 3.48. The van der Waals surface area contributed by atoms with Crippen LogP contribution in [0.3, 0.4) is 0 Å². The van der Waals surface area contributed by atoms with Crippen molar-refractivity contribution in [1.82, 2.24) is 0 Å². The van der Waals surface area contributed by atoms with Crippen LogP contribution in [0.15, 0.2) is 44.9 Å². The Morgan fingerprint density at radius 2 is 1.91 bits per heavy atom. The number of amides is 1. The van der Waals surface area contributed by atoms with Crippen LogP contribution in [0.2, 0.25) is 0 Å². The molecular weight excluding hydrogens is 322 g/mol. The molecule has 0 radical (unpaired) electrons. The monoisotopic (exact) mass is 337 g/mol. The normalized spacial score (nSPS) is 13.3. The highest BCUT2D eigenvalue weighted by Crippen LogP contribution is 2.40. The molecule has 0 spiro atoms. The smallest absolute Gasteiger partial charge is 0.345 e. The number of carbonyl (C=O) groups is 2. The van der Waals surface area contributed by atoms with E-state index in [2.05, 4.69) is 5.32 Å². The summed E-state index contributed by atoms with van der Waals surface area (Å²) in [5.41, 5.74) is 0.374. The minimum Gasteiger partial charge on any atom is -0.508 e. The van der Waals surface area contributed by atoms with Crippen LogP contribution in [-0.4, -0.2) is 23.1 Å². The van der Waals surface area contributed by atoms with E-state index in [1.165, 1.54) is 35.7 Å². The fourth-order valence-electron chi connectivity index (χ4n) is 1.64. The molecule has 1 aliphatic rings. The molecule has 2 rings (SSSR count). The highest BCUT2D eigenvalue weighted by molar-refractivity contribution is 8.27. The van der Waals surface area contributed by atoms with Gasteiger partial charge in [-0.3, -0.25) is 4.79 Å². The maximum atomic E-state index is 12.4. The Morgan fingerprint density at radius 1 is 1.23 bits per heavy atom. The average molecular weight is 337 g/mol. The number of ether oxygens (including phenoxy) is 1. The molecule has 0 unspecified atom stereocenters. The molecule has 0 fully saturated rings. The quantitative estimate of drug-likeness (QED) is 0.379. The van der Waals surface area contributed by atoms with Gasteiger partial charge in [0.2, 0.25) is 0 Å². The van der Waals surface area contributed by atoms with E-state index in [-0.39, 0.29) is 17.4 Å². The second-order valence-corrected chi connectivity index (χ2v) is 6.72. The third-order valence-corrected chi connectivity index (χ3v) is 4.62. The second kappa shape index (κ2) is 7.42. The molecule has 1 aliphatic heterocycles. The minimum absolute atomic E-state index is 0.0305. The Kier molecular flexibility index (Phi) is 5.57. The van der Waals surface area contributed by atoms with Crippen molar-refractivity contribution in [3.63, 3.8) is 0 Å². The van der Waals surface area contributed by atoms with Crippen LogP contribution >= 0.6 is 23.5 Å². The number of esters is 1. The highest BCUT2D eigenvalue weighted by atomic mass is 32.2. The van der Waals surface area contributed by atoms with Gasteiger partial charge in [0, 0.05) is 11.8 Å². The lowest BCUT2D eigenvalue weighted by molar-refractivity contribution is -0.143. The van der Waals surface area contributed by atoms with Gasteiger partial charge in [0.25, 0.3) is 5.91 Å². The first-order valence-corrected chi connectivity index (χ1v) is 8.27. The van der Waals surface area contributed by atoms with E-state index in [4.69, 9.17) is 4.74 Å². The third kappa shape index (κ3) is 4.32. The molecule has 7 heteroatoms. The van der Waals surface area contributed by atoms with Crippen molar-refractivity contribution < 1.29 is 19.4 Å². The van der Waals surface area contributed by atoms with Crippen LogP contribution < -0.4 is 5.32 Å². The number of thioether (sulfide) groups is 2. The first kappa shape index (κ1) is 16.5. The number of phenols is 1. The van der Waals surface area contributed by atoms with E-state index in [0.717, 1.165) is 0 Å². The Labute approximate surface area is 136 Å². The fraction of sp³-hybridized carbons (Fsp3) is 0.200. The molecule has 1 amide bonds. The van der Waals surface area contributed by atoms with E-state index >= 15 is 0 Å². The summed E-state index contributed by atoms with van der Waals surface area (Å²) in [6.07, 6.45) is -0.318. The van der Waals surface area contributed by atoms with Gasteiger partial charge in [-0.2, -0.15) is 0 Å². The Bertz CT molecular complexity index is 643. The molecule has 0 atom stereocenters. The maximum Gasteiger partial charge on any atom is 0.345 e. The van der Waals surface area contributed by atoms with Crippen molar-refractivity contribution in [3.05, 3.63) is 44.9 Å². The summed E-state index contributed by atoms with van der Waals surface area (Å²) in [5.74, 6) is -1.19. The second-order valence-electron chi connectivity index (χ2n) is 4.63. The van der Waals surface area contributed by atoms with Gasteiger partial charge in [-0.1, -0.05) is 29.6 Å². The molecule has 0 saturated heterocycles. The summed E-state index contributed by atoms with van der Waals surface area (Å²) in [5, 5.41) is 15.6. The molecule has 1 aromatic rings. The summed E-state index contributed by atoms with van der Waals surface area (Å²) in [6, 6.07) is 6.13. The van der Waals surface area contributed by atoms with Gasteiger partial charge in [0.15, 0.2) is 0 Å². The molecule has 0 aliphatic carbocycles. The minimum atomic E-state index is -0.661. The SMILES string of the molecule is CC(C)OC(=O)C(C(=O)Nc1cccc(O)c1)=C1SC=CS1. The molecule has 0 bridgehead atoms. The van der Waals surface area contributed by atoms with Crippen LogP contribution in [0, 0.1) is 0 Å². The van der Waals surface area contributed by atoms with E-state index in [9.17, 15) is 14.7 Å². The maximum absolute atomic E-state index is 12.4. The first-order valence-electron chi connectivity index (χ1n) is 6.51. The van der Waals surface area contributed by atoms with E-state index in [0.29, 0.717) is 9.92 Å². The number of rotatable bonds is 4. The molecule has 2 N–H and O–H groups in total. The predicted octanol–water partition coefficient (Wildman–Crippen LogP) is 3.45. The standard InChI is InChI=1S/C15H15NO4S2/c1-9(2)20-14(19)12(15-21-6-7-22-15)13(18)16-10-4-3-5-11(17)8-10/h3-9,17H,1-2H3,(H,16,18). The highest BCUT2D eigenvalue weighted by Gasteiger charge is 2.27. The lowest BCUT2D eigenvalue weighted by atomic mass is 10.2. The number of anilines is 1. The number of hydrogen-bond donors (Lipinski definition) is 2. The van der Waals surface area contributed by atoms with Crippen molar-refractivity contribution in [2.45, 2.75) is 20.0 Å². The number of nitrogens with one attached hydrogen (secondary N) is 1. The third-order valence-electron chi connectivity index (χ3n) is 2.49. The zero-order valence-electron chi connectivity index (χ0n) is 12.0. The predicted molar refractivity (Wildman–Crippen MR) is 89.3 cm³/mol. The topological polar surface area (TPSA) is 75.6 Å². The molecule has 5 nitrogen and oxygen atoms in total. The van der Waals surface area contributed by atoms with Crippen molar-refractivity contribution in [1.29, 1.82) is 0 Å². The molecule has 0 saturated carbocycles. The summed E-state index contributed by atoms with van der Waals surface area (Å²) >= 11 is 2.60. The lowest BCUT2D eigenvalue weighted by Gasteiger charge is -2.13. The zero-order chi connectivity index (χ0) is 16.1. The van der Waals surface area contributed by atoms with Crippen molar-refractivity contribution >= 4 is 41.1 Å². The Hall–Kier alpha value is -1.86. The summed E-state index contributed by atoms with van der Waals surface area (Å²) in [7, 11) is 0. The van der Waals surface area contributed by atoms with Crippen LogP contribution in [0.5, 0.6) is 5.75 Å². The number of aromatic hydroxyl groups is 1. The Morgan fingerprint density at radius 3 is 2.50 bits per heavy atom. The van der Waals surface area contributed by atoms with Crippen LogP contribution in [0.1, 0.15) is 13.8 Å². The van der Waals surface area contributed by atoms with Crippen LogP contribution in [-0.2, 0) is 14.3 Å². The van der Waals surface area contributed by atoms with Crippen molar-refractivity contribution in [3.8, 4) is 5.75 Å². The van der Waals surface area contributed by atoms with E-state index < -0.39 is 11.9 Å². The molecule has 1 aromatic carbocycles. The van der Waals surface area contributed by atoms with Gasteiger partial charge < -0.3 is 15.2 Å². The van der Waals surface area contributed by atoms with Gasteiger partial charge in [0.05, 0.1) is 10.3 Å². The largest absolute Gasteiger partial charge is 0.508 e. The molecular formula is C15H15NO4S2. The Balaban J connectivity index is 2.23. The molecule has 0 aromatic heterocycles. The van der Waals surface area contributed by atoms with Gasteiger partial charge in [-0.05, 0) is 36.8 Å². The van der Waals surface area contributed by atoms with Gasteiger partial charge >= 0.3 is 5.97 Å². The lowest BCUT2D eigenvalue weighted by Crippen LogP contribution is -2.25. The molecule has 1 heterocycles. The molecule has 116 valence electrons. The zero-order valence-corrected chi connectivity index (χ0v) is 13.7. The van der Waals surface area contributed by atoms with Gasteiger partial charge in [-0.25, -0.2) is 4.79 Å². The number of phenolic OH excluding ortho intramolecular Hbond substituents is 1. The van der Waals surface area contributed by atoms with Crippen molar-refractivity contribution in [2.75, 3.05) is 5.32 Å². The van der Waals surface area contributed by atoms with Gasteiger partial charge in [-0.15, -0.1) is 0 Å². The van der Waals surface area contributed by atoms with Crippen molar-refractivity contribution in [2.24, 2.45) is 0 Å². The van der Waals surface area contributed by atoms with Crippen LogP contribution in [0.4, 0.5) is 5.69 Å². The summed E-state index contributed by atoms with van der Waals surface area (Å²) < 4.78 is 5.72.